The summed E-state index contributed by atoms with van der Waals surface area (Å²) in [5.74, 6) is 2.69. The van der Waals surface area contributed by atoms with E-state index in [0.29, 0.717) is 37.4 Å². The monoisotopic (exact) mass is 438 g/mol. The molecule has 0 amide bonds. The van der Waals surface area contributed by atoms with Crippen molar-refractivity contribution in [1.82, 2.24) is 0 Å². The van der Waals surface area contributed by atoms with E-state index in [2.05, 4.69) is 26.0 Å². The Bertz CT molecular complexity index is 1020. The van der Waals surface area contributed by atoms with Crippen molar-refractivity contribution >= 4 is 11.8 Å². The SMILES string of the molecule is Cc1ccc([C@@H]2C=C3CC(=O)CC[C@]3(C)C3C(O)C[C@@]4(C)[C@@H](CCC45CCC(=O)O5)[C@@H]32)o1. The van der Waals surface area contributed by atoms with Crippen LogP contribution in [0.3, 0.4) is 0 Å². The van der Waals surface area contributed by atoms with E-state index in [1.807, 2.05) is 13.0 Å². The summed E-state index contributed by atoms with van der Waals surface area (Å²) in [6, 6.07) is 4.08. The van der Waals surface area contributed by atoms with E-state index >= 15 is 0 Å². The number of esters is 1. The number of allylic oxidation sites excluding steroid dienone is 2. The zero-order chi connectivity index (χ0) is 22.5. The van der Waals surface area contributed by atoms with Gasteiger partial charge >= 0.3 is 5.97 Å². The fraction of sp³-hybridized carbons (Fsp3) is 0.704. The molecule has 4 aliphatic carbocycles. The van der Waals surface area contributed by atoms with E-state index in [9.17, 15) is 14.7 Å². The van der Waals surface area contributed by atoms with Crippen LogP contribution in [0.2, 0.25) is 0 Å². The van der Waals surface area contributed by atoms with Crippen LogP contribution >= 0.6 is 0 Å². The van der Waals surface area contributed by atoms with Gasteiger partial charge in [-0.25, -0.2) is 0 Å². The van der Waals surface area contributed by atoms with Crippen LogP contribution in [0.25, 0.3) is 0 Å². The van der Waals surface area contributed by atoms with Crippen molar-refractivity contribution in [1.29, 1.82) is 0 Å². The molecule has 3 saturated carbocycles. The molecule has 4 fully saturated rings. The van der Waals surface area contributed by atoms with Crippen molar-refractivity contribution in [2.24, 2.45) is 28.6 Å². The molecule has 2 heterocycles. The van der Waals surface area contributed by atoms with Gasteiger partial charge in [-0.15, -0.1) is 0 Å². The first kappa shape index (κ1) is 20.7. The van der Waals surface area contributed by atoms with Gasteiger partial charge in [0, 0.05) is 30.6 Å². The molecule has 3 unspecified atom stereocenters. The van der Waals surface area contributed by atoms with Gasteiger partial charge in [-0.05, 0) is 74.3 Å². The number of carbonyl (C=O) groups is 2. The number of hydrogen-bond donors (Lipinski definition) is 1. The number of aliphatic hydroxyl groups is 1. The summed E-state index contributed by atoms with van der Waals surface area (Å²) in [4.78, 5) is 24.6. The first-order valence-corrected chi connectivity index (χ1v) is 12.4. The third-order valence-corrected chi connectivity index (χ3v) is 10.4. The maximum atomic E-state index is 12.4. The molecule has 1 aliphatic heterocycles. The topological polar surface area (TPSA) is 76.7 Å². The lowest BCUT2D eigenvalue weighted by Gasteiger charge is -2.61. The second-order valence-corrected chi connectivity index (χ2v) is 11.7. The average molecular weight is 439 g/mol. The molecule has 1 spiro atoms. The predicted octanol–water partition coefficient (Wildman–Crippen LogP) is 4.86. The van der Waals surface area contributed by atoms with E-state index in [0.717, 1.165) is 37.2 Å². The summed E-state index contributed by atoms with van der Waals surface area (Å²) in [6.07, 6.45) is 7.52. The average Bonchev–Trinajstić information content (AvgIpc) is 3.40. The summed E-state index contributed by atoms with van der Waals surface area (Å²) in [6.45, 7) is 6.51. The molecular weight excluding hydrogens is 404 g/mol. The smallest absolute Gasteiger partial charge is 0.306 e. The Labute approximate surface area is 189 Å². The first-order valence-electron chi connectivity index (χ1n) is 12.4. The predicted molar refractivity (Wildman–Crippen MR) is 118 cm³/mol. The molecule has 32 heavy (non-hydrogen) atoms. The minimum Gasteiger partial charge on any atom is -0.466 e. The van der Waals surface area contributed by atoms with Crippen LogP contribution in [-0.2, 0) is 14.3 Å². The third kappa shape index (κ3) is 2.55. The molecule has 1 aromatic rings. The molecule has 0 bridgehead atoms. The maximum absolute atomic E-state index is 12.4. The Morgan fingerprint density at radius 2 is 1.91 bits per heavy atom. The van der Waals surface area contributed by atoms with Gasteiger partial charge in [0.15, 0.2) is 0 Å². The van der Waals surface area contributed by atoms with Gasteiger partial charge in [0.2, 0.25) is 0 Å². The van der Waals surface area contributed by atoms with Crippen LogP contribution in [0.15, 0.2) is 28.2 Å². The fourth-order valence-corrected chi connectivity index (χ4v) is 8.80. The number of fused-ring (bicyclic) bond motifs is 6. The highest BCUT2D eigenvalue weighted by Gasteiger charge is 2.70. The van der Waals surface area contributed by atoms with Gasteiger partial charge < -0.3 is 14.3 Å². The van der Waals surface area contributed by atoms with Crippen molar-refractivity contribution in [2.75, 3.05) is 0 Å². The lowest BCUT2D eigenvalue weighted by Crippen LogP contribution is -2.60. The van der Waals surface area contributed by atoms with Crippen molar-refractivity contribution in [3.05, 3.63) is 35.3 Å². The molecule has 0 aromatic carbocycles. The Hall–Kier alpha value is -1.88. The molecule has 1 saturated heterocycles. The highest BCUT2D eigenvalue weighted by Crippen LogP contribution is 2.71. The summed E-state index contributed by atoms with van der Waals surface area (Å²) >= 11 is 0. The number of furan rings is 1. The Balaban J connectivity index is 1.51. The minimum absolute atomic E-state index is 0.0363. The Morgan fingerprint density at radius 3 is 2.59 bits per heavy atom. The number of aliphatic hydroxyl groups excluding tert-OH is 1. The number of aryl methyl sites for hydroxylation is 1. The molecular formula is C27H34O5. The molecule has 5 heteroatoms. The van der Waals surface area contributed by atoms with Gasteiger partial charge in [-0.3, -0.25) is 9.59 Å². The van der Waals surface area contributed by atoms with Crippen LogP contribution in [0.5, 0.6) is 0 Å². The summed E-state index contributed by atoms with van der Waals surface area (Å²) < 4.78 is 12.2. The van der Waals surface area contributed by atoms with E-state index in [4.69, 9.17) is 9.15 Å². The lowest BCUT2D eigenvalue weighted by molar-refractivity contribution is -0.184. The number of hydrogen-bond acceptors (Lipinski definition) is 5. The number of ether oxygens (including phenoxy) is 1. The van der Waals surface area contributed by atoms with E-state index in [1.165, 1.54) is 5.57 Å². The van der Waals surface area contributed by atoms with Gasteiger partial charge in [-0.1, -0.05) is 25.5 Å². The highest BCUT2D eigenvalue weighted by molar-refractivity contribution is 5.83. The number of ketones is 1. The second kappa shape index (κ2) is 6.59. The van der Waals surface area contributed by atoms with Gasteiger partial charge in [-0.2, -0.15) is 0 Å². The van der Waals surface area contributed by atoms with Crippen LogP contribution in [-0.4, -0.2) is 28.6 Å². The van der Waals surface area contributed by atoms with Crippen molar-refractivity contribution < 1.29 is 23.8 Å². The number of Topliss-reactive ketones (excluding diaryl/α,β-unsaturated/α-hetero) is 1. The quantitative estimate of drug-likeness (QED) is 0.500. The summed E-state index contributed by atoms with van der Waals surface area (Å²) in [5.41, 5.74) is 0.333. The van der Waals surface area contributed by atoms with Gasteiger partial charge in [0.25, 0.3) is 0 Å². The van der Waals surface area contributed by atoms with Crippen molar-refractivity contribution in [2.45, 2.75) is 89.8 Å². The zero-order valence-corrected chi connectivity index (χ0v) is 19.4. The maximum Gasteiger partial charge on any atom is 0.306 e. The molecule has 8 atom stereocenters. The molecule has 5 aliphatic rings. The largest absolute Gasteiger partial charge is 0.466 e. The Kier molecular flexibility index (Phi) is 4.26. The van der Waals surface area contributed by atoms with Crippen LogP contribution in [0, 0.1) is 35.5 Å². The molecule has 172 valence electrons. The molecule has 1 aromatic heterocycles. The number of rotatable bonds is 1. The standard InChI is InChI=1S/C27H34O5/c1-15-4-5-21(31-15)18-13-16-12-17(28)6-9-25(16,2)24-20(29)14-26(3)19(23(18)24)7-10-27(26)11-8-22(30)32-27/h4-5,13,18-20,23-24,29H,6-12,14H2,1-3H3/t18-,19-,20?,23-,24?,25-,26-,27?/m0/s1. The highest BCUT2D eigenvalue weighted by atomic mass is 16.6. The molecule has 1 N–H and O–H groups in total. The van der Waals surface area contributed by atoms with Crippen molar-refractivity contribution in [3.8, 4) is 0 Å². The lowest BCUT2D eigenvalue weighted by atomic mass is 9.44. The summed E-state index contributed by atoms with van der Waals surface area (Å²) in [5, 5.41) is 11.8. The van der Waals surface area contributed by atoms with Crippen LogP contribution in [0.4, 0.5) is 0 Å². The van der Waals surface area contributed by atoms with Gasteiger partial charge in [0.05, 0.1) is 6.10 Å². The molecule has 0 radical (unpaired) electrons. The molecule has 5 nitrogen and oxygen atoms in total. The zero-order valence-electron chi connectivity index (χ0n) is 19.4. The minimum atomic E-state index is -0.490. The summed E-state index contributed by atoms with van der Waals surface area (Å²) in [7, 11) is 0. The normalized spacial score (nSPS) is 47.6. The van der Waals surface area contributed by atoms with Crippen LogP contribution in [0.1, 0.15) is 82.7 Å². The van der Waals surface area contributed by atoms with Crippen LogP contribution < -0.4 is 0 Å². The van der Waals surface area contributed by atoms with E-state index < -0.39 is 11.7 Å². The van der Waals surface area contributed by atoms with E-state index in [-0.39, 0.29) is 34.6 Å². The van der Waals surface area contributed by atoms with E-state index in [1.54, 1.807) is 0 Å². The first-order chi connectivity index (χ1) is 15.2. The number of carbonyl (C=O) groups excluding carboxylic acids is 2. The second-order valence-electron chi connectivity index (χ2n) is 11.7. The van der Waals surface area contributed by atoms with Crippen molar-refractivity contribution in [3.63, 3.8) is 0 Å². The molecule has 6 rings (SSSR count). The van der Waals surface area contributed by atoms with Gasteiger partial charge in [0.1, 0.15) is 22.9 Å². The Morgan fingerprint density at radius 1 is 1.09 bits per heavy atom. The fourth-order valence-electron chi connectivity index (χ4n) is 8.80. The third-order valence-electron chi connectivity index (χ3n) is 10.4.